The van der Waals surface area contributed by atoms with Gasteiger partial charge in [-0.2, -0.15) is 0 Å². The molecule has 1 amide bonds. The minimum absolute atomic E-state index is 0.0312. The zero-order valence-corrected chi connectivity index (χ0v) is 11.5. The van der Waals surface area contributed by atoms with Gasteiger partial charge >= 0.3 is 0 Å². The minimum Gasteiger partial charge on any atom is -0.337 e. The Bertz CT molecular complexity index is 367. The molecule has 1 aromatic rings. The zero-order valence-electron chi connectivity index (χ0n) is 11.5. The first-order chi connectivity index (χ1) is 8.60. The number of carbonyl (C=O) groups is 1. The number of hydrogen-bond donors (Lipinski definition) is 1. The quantitative estimate of drug-likeness (QED) is 0.836. The molecular formula is C14H23N3O. The molecule has 0 saturated heterocycles. The number of nitrogens with two attached hydrogens (primary N) is 1. The fraction of sp³-hybridized carbons (Fsp3) is 0.571. The van der Waals surface area contributed by atoms with E-state index < -0.39 is 6.04 Å². The Morgan fingerprint density at radius 2 is 2.00 bits per heavy atom. The van der Waals surface area contributed by atoms with E-state index in [0.717, 1.165) is 12.0 Å². The van der Waals surface area contributed by atoms with Gasteiger partial charge in [-0.1, -0.05) is 20.3 Å². The number of carbonyl (C=O) groups excluding carboxylic acids is 1. The van der Waals surface area contributed by atoms with Crippen LogP contribution in [0.5, 0.6) is 0 Å². The molecule has 1 rings (SSSR count). The molecule has 4 heteroatoms. The number of amides is 1. The van der Waals surface area contributed by atoms with Gasteiger partial charge in [-0.05, 0) is 30.5 Å². The highest BCUT2D eigenvalue weighted by Crippen LogP contribution is 2.11. The zero-order chi connectivity index (χ0) is 13.5. The van der Waals surface area contributed by atoms with Crippen LogP contribution >= 0.6 is 0 Å². The van der Waals surface area contributed by atoms with Crippen LogP contribution in [0.1, 0.15) is 32.8 Å². The van der Waals surface area contributed by atoms with Crippen molar-refractivity contribution in [3.63, 3.8) is 0 Å². The average molecular weight is 249 g/mol. The Kier molecular flexibility index (Phi) is 5.78. The standard InChI is InChI=1S/C14H23N3O/c1-4-11(3)13(15)14(18)17(5-2)10-12-6-8-16-9-7-12/h6-9,11,13H,4-5,10,15H2,1-3H3/t11-,13-/m0/s1. The fourth-order valence-corrected chi connectivity index (χ4v) is 1.76. The molecule has 18 heavy (non-hydrogen) atoms. The van der Waals surface area contributed by atoms with Crippen molar-refractivity contribution in [1.29, 1.82) is 0 Å². The maximum Gasteiger partial charge on any atom is 0.240 e. The van der Waals surface area contributed by atoms with E-state index in [1.54, 1.807) is 17.3 Å². The third-order valence-electron chi connectivity index (χ3n) is 3.36. The predicted molar refractivity (Wildman–Crippen MR) is 72.8 cm³/mol. The first-order valence-electron chi connectivity index (χ1n) is 6.53. The number of pyridine rings is 1. The molecule has 100 valence electrons. The highest BCUT2D eigenvalue weighted by molar-refractivity contribution is 5.81. The van der Waals surface area contributed by atoms with Gasteiger partial charge in [0.05, 0.1) is 6.04 Å². The first kappa shape index (κ1) is 14.6. The Balaban J connectivity index is 2.69. The van der Waals surface area contributed by atoms with E-state index in [1.807, 2.05) is 26.0 Å². The number of hydrogen-bond acceptors (Lipinski definition) is 3. The van der Waals surface area contributed by atoms with Gasteiger partial charge in [-0.25, -0.2) is 0 Å². The van der Waals surface area contributed by atoms with E-state index in [2.05, 4.69) is 11.9 Å². The summed E-state index contributed by atoms with van der Waals surface area (Å²) in [5.41, 5.74) is 7.08. The molecule has 0 aliphatic rings. The highest BCUT2D eigenvalue weighted by atomic mass is 16.2. The SMILES string of the molecule is CC[C@H](C)[C@H](N)C(=O)N(CC)Cc1ccncc1. The maximum absolute atomic E-state index is 12.3. The van der Waals surface area contributed by atoms with Crippen molar-refractivity contribution in [2.24, 2.45) is 11.7 Å². The normalized spacial score (nSPS) is 14.0. The van der Waals surface area contributed by atoms with E-state index in [1.165, 1.54) is 0 Å². The van der Waals surface area contributed by atoms with Crippen molar-refractivity contribution in [2.45, 2.75) is 39.8 Å². The summed E-state index contributed by atoms with van der Waals surface area (Å²) in [5.74, 6) is 0.243. The van der Waals surface area contributed by atoms with E-state index in [4.69, 9.17) is 5.73 Å². The molecule has 0 bridgehead atoms. The second-order valence-electron chi connectivity index (χ2n) is 4.62. The Hall–Kier alpha value is -1.42. The molecule has 1 heterocycles. The molecule has 0 fully saturated rings. The summed E-state index contributed by atoms with van der Waals surface area (Å²) in [4.78, 5) is 18.0. The van der Waals surface area contributed by atoms with Crippen LogP contribution in [0.2, 0.25) is 0 Å². The molecule has 0 unspecified atom stereocenters. The topological polar surface area (TPSA) is 59.2 Å². The van der Waals surface area contributed by atoms with Crippen molar-refractivity contribution in [2.75, 3.05) is 6.54 Å². The summed E-state index contributed by atoms with van der Waals surface area (Å²) in [5, 5.41) is 0. The van der Waals surface area contributed by atoms with E-state index in [0.29, 0.717) is 13.1 Å². The summed E-state index contributed by atoms with van der Waals surface area (Å²) in [7, 11) is 0. The van der Waals surface area contributed by atoms with Gasteiger partial charge in [-0.3, -0.25) is 9.78 Å². The number of nitrogens with zero attached hydrogens (tertiary/aromatic N) is 2. The van der Waals surface area contributed by atoms with Crippen LogP contribution in [0.4, 0.5) is 0 Å². The van der Waals surface area contributed by atoms with Crippen LogP contribution in [0.25, 0.3) is 0 Å². The molecule has 4 nitrogen and oxygen atoms in total. The van der Waals surface area contributed by atoms with E-state index in [9.17, 15) is 4.79 Å². The van der Waals surface area contributed by atoms with Crippen LogP contribution in [0.15, 0.2) is 24.5 Å². The molecule has 2 N–H and O–H groups in total. The van der Waals surface area contributed by atoms with Crippen LogP contribution in [-0.4, -0.2) is 28.4 Å². The van der Waals surface area contributed by atoms with Crippen molar-refractivity contribution in [3.8, 4) is 0 Å². The molecule has 0 saturated carbocycles. The smallest absolute Gasteiger partial charge is 0.240 e. The molecule has 1 aromatic heterocycles. The number of likely N-dealkylation sites (N-methyl/N-ethyl adjacent to an activating group) is 1. The average Bonchev–Trinajstić information content (AvgIpc) is 2.43. The third-order valence-corrected chi connectivity index (χ3v) is 3.36. The summed E-state index contributed by atoms with van der Waals surface area (Å²) in [6, 6.07) is 3.44. The first-order valence-corrected chi connectivity index (χ1v) is 6.53. The predicted octanol–water partition coefficient (Wildman–Crippen LogP) is 1.80. The van der Waals surface area contributed by atoms with Gasteiger partial charge in [0.25, 0.3) is 0 Å². The summed E-state index contributed by atoms with van der Waals surface area (Å²) < 4.78 is 0. The lowest BCUT2D eigenvalue weighted by Gasteiger charge is -2.27. The van der Waals surface area contributed by atoms with Gasteiger partial charge in [-0.15, -0.1) is 0 Å². The molecule has 0 aromatic carbocycles. The molecular weight excluding hydrogens is 226 g/mol. The minimum atomic E-state index is -0.406. The summed E-state index contributed by atoms with van der Waals surface area (Å²) in [6.45, 7) is 7.31. The summed E-state index contributed by atoms with van der Waals surface area (Å²) in [6.07, 6.45) is 4.39. The molecule has 0 aliphatic carbocycles. The van der Waals surface area contributed by atoms with Gasteiger partial charge < -0.3 is 10.6 Å². The third kappa shape index (κ3) is 3.81. The molecule has 0 aliphatic heterocycles. The number of rotatable bonds is 6. The second kappa shape index (κ2) is 7.11. The van der Waals surface area contributed by atoms with Crippen molar-refractivity contribution in [1.82, 2.24) is 9.88 Å². The second-order valence-corrected chi connectivity index (χ2v) is 4.62. The van der Waals surface area contributed by atoms with Crippen molar-refractivity contribution < 1.29 is 4.79 Å². The van der Waals surface area contributed by atoms with E-state index >= 15 is 0 Å². The van der Waals surface area contributed by atoms with Crippen molar-refractivity contribution >= 4 is 5.91 Å². The lowest BCUT2D eigenvalue weighted by Crippen LogP contribution is -2.46. The molecule has 2 atom stereocenters. The van der Waals surface area contributed by atoms with Crippen LogP contribution < -0.4 is 5.73 Å². The Labute approximate surface area is 109 Å². The lowest BCUT2D eigenvalue weighted by atomic mass is 9.98. The lowest BCUT2D eigenvalue weighted by molar-refractivity contribution is -0.134. The van der Waals surface area contributed by atoms with Crippen LogP contribution in [0, 0.1) is 5.92 Å². The van der Waals surface area contributed by atoms with E-state index in [-0.39, 0.29) is 11.8 Å². The number of aromatic nitrogens is 1. The van der Waals surface area contributed by atoms with Gasteiger partial charge in [0.1, 0.15) is 0 Å². The molecule has 0 radical (unpaired) electrons. The van der Waals surface area contributed by atoms with Crippen LogP contribution in [-0.2, 0) is 11.3 Å². The largest absolute Gasteiger partial charge is 0.337 e. The van der Waals surface area contributed by atoms with Gasteiger partial charge in [0, 0.05) is 25.5 Å². The van der Waals surface area contributed by atoms with Crippen molar-refractivity contribution in [3.05, 3.63) is 30.1 Å². The summed E-state index contributed by atoms with van der Waals surface area (Å²) >= 11 is 0. The highest BCUT2D eigenvalue weighted by Gasteiger charge is 2.23. The monoisotopic (exact) mass is 249 g/mol. The van der Waals surface area contributed by atoms with Crippen LogP contribution in [0.3, 0.4) is 0 Å². The van der Waals surface area contributed by atoms with Gasteiger partial charge in [0.15, 0.2) is 0 Å². The maximum atomic E-state index is 12.3. The Morgan fingerprint density at radius 1 is 1.39 bits per heavy atom. The Morgan fingerprint density at radius 3 is 2.50 bits per heavy atom. The van der Waals surface area contributed by atoms with Gasteiger partial charge in [0.2, 0.25) is 5.91 Å². The molecule has 0 spiro atoms. The fourth-order valence-electron chi connectivity index (χ4n) is 1.76.